The van der Waals surface area contributed by atoms with E-state index in [1.54, 1.807) is 45.6 Å². The number of carbonyl (C=O) groups is 4. The summed E-state index contributed by atoms with van der Waals surface area (Å²) in [6.45, 7) is 22.8. The number of benzene rings is 3. The van der Waals surface area contributed by atoms with Crippen molar-refractivity contribution in [3.63, 3.8) is 0 Å². The number of H-pyrrole nitrogens is 2. The van der Waals surface area contributed by atoms with Crippen molar-refractivity contribution in [2.75, 3.05) is 50.2 Å². The van der Waals surface area contributed by atoms with E-state index in [4.69, 9.17) is 23.9 Å². The fraction of sp³-hybridized carbons (Fsp3) is 0.597. The van der Waals surface area contributed by atoms with E-state index in [0.717, 1.165) is 12.8 Å². The summed E-state index contributed by atoms with van der Waals surface area (Å²) in [5, 5.41) is 5.96. The summed E-state index contributed by atoms with van der Waals surface area (Å²) >= 11 is 0. The molecule has 4 amide bonds. The van der Waals surface area contributed by atoms with Crippen molar-refractivity contribution in [3.8, 4) is 0 Å². The van der Waals surface area contributed by atoms with Crippen LogP contribution < -0.4 is 20.4 Å². The Labute approximate surface area is 483 Å². The number of fused-ring (bicyclic) bond motifs is 2. The monoisotopic (exact) mass is 1160 g/mol. The van der Waals surface area contributed by atoms with Crippen LogP contribution in [0.4, 0.5) is 38.5 Å². The Bertz CT molecular complexity index is 3020. The zero-order valence-electron chi connectivity index (χ0n) is 50.2. The van der Waals surface area contributed by atoms with Crippen LogP contribution in [0.5, 0.6) is 0 Å². The normalized spacial score (nSPS) is 21.7. The maximum atomic E-state index is 17.1. The SMILES string of the molecule is COC(=O)N[C@H](C(=O)N1CCC[C@H]1c1cc2cc([C@H]3CC[C@H](c4cc5[nH]c([C@@H]6CCCN6C(=O)[C@@H](NC(=O)OC)[C@@H](C)OC(C)(C)C)nc5cc4F)N3c3cc(F)c(N4CCC(C(C)(C)C)CC4)c(F)c3)c(F)cc2[nH]1)[C@@H](C)OC(C)(C)C. The third-order valence-electron chi connectivity index (χ3n) is 17.0. The molecule has 4 N–H and O–H groups in total. The number of nitrogens with zero attached hydrogens (tertiary/aromatic N) is 5. The van der Waals surface area contributed by atoms with Gasteiger partial charge in [-0.1, -0.05) is 20.8 Å². The molecule has 0 bridgehead atoms. The first-order valence-electron chi connectivity index (χ1n) is 29.2. The van der Waals surface area contributed by atoms with Crippen LogP contribution in [-0.2, 0) is 28.5 Å². The van der Waals surface area contributed by atoms with Crippen LogP contribution in [0.15, 0.2) is 42.5 Å². The van der Waals surface area contributed by atoms with Gasteiger partial charge in [-0.2, -0.15) is 0 Å². The maximum Gasteiger partial charge on any atom is 0.407 e. The highest BCUT2D eigenvalue weighted by Gasteiger charge is 2.44. The molecular formula is C62H83F4N9O8. The Morgan fingerprint density at radius 3 is 1.61 bits per heavy atom. The predicted molar refractivity (Wildman–Crippen MR) is 309 cm³/mol. The van der Waals surface area contributed by atoms with Crippen molar-refractivity contribution in [2.24, 2.45) is 11.3 Å². The number of piperidine rings is 1. The first-order chi connectivity index (χ1) is 39.0. The number of alkyl carbamates (subject to hydrolysis) is 2. The van der Waals surface area contributed by atoms with Crippen LogP contribution in [0, 0.1) is 34.6 Å². The molecule has 6 heterocycles. The van der Waals surface area contributed by atoms with Gasteiger partial charge in [0.15, 0.2) is 11.6 Å². The van der Waals surface area contributed by atoms with Gasteiger partial charge in [-0.05, 0) is 154 Å². The Morgan fingerprint density at radius 1 is 0.590 bits per heavy atom. The quantitative estimate of drug-likeness (QED) is 0.0775. The van der Waals surface area contributed by atoms with Gasteiger partial charge in [0.1, 0.15) is 35.2 Å². The van der Waals surface area contributed by atoms with Crippen molar-refractivity contribution in [1.82, 2.24) is 35.4 Å². The summed E-state index contributed by atoms with van der Waals surface area (Å²) in [7, 11) is 2.44. The van der Waals surface area contributed by atoms with E-state index in [0.29, 0.717) is 85.7 Å². The van der Waals surface area contributed by atoms with E-state index in [1.165, 1.54) is 38.5 Å². The van der Waals surface area contributed by atoms with Gasteiger partial charge in [0.05, 0.1) is 72.8 Å². The van der Waals surface area contributed by atoms with Crippen molar-refractivity contribution >= 4 is 57.3 Å². The summed E-state index contributed by atoms with van der Waals surface area (Å²) in [4.78, 5) is 72.3. The number of hydrogen-bond donors (Lipinski definition) is 4. The molecule has 9 rings (SSSR count). The van der Waals surface area contributed by atoms with Crippen LogP contribution in [0.1, 0.15) is 174 Å². The third kappa shape index (κ3) is 13.1. The molecule has 4 fully saturated rings. The molecule has 0 aliphatic carbocycles. The number of aromatic nitrogens is 3. The molecule has 21 heteroatoms. The Hall–Kier alpha value is -6.61. The smallest absolute Gasteiger partial charge is 0.407 e. The molecule has 4 aliphatic rings. The average Bonchev–Trinajstić information content (AvgIpc) is 3.75. The summed E-state index contributed by atoms with van der Waals surface area (Å²) < 4.78 is 90.1. The highest BCUT2D eigenvalue weighted by atomic mass is 19.1. The number of rotatable bonds is 14. The van der Waals surface area contributed by atoms with Gasteiger partial charge in [-0.3, -0.25) is 9.59 Å². The fourth-order valence-corrected chi connectivity index (χ4v) is 13.3. The highest BCUT2D eigenvalue weighted by molar-refractivity contribution is 5.88. The zero-order valence-corrected chi connectivity index (χ0v) is 50.2. The molecule has 0 spiro atoms. The number of ether oxygens (including phenoxy) is 4. The number of halogens is 4. The minimum Gasteiger partial charge on any atom is -0.453 e. The van der Waals surface area contributed by atoms with Gasteiger partial charge in [-0.15, -0.1) is 0 Å². The Morgan fingerprint density at radius 2 is 1.10 bits per heavy atom. The zero-order chi connectivity index (χ0) is 60.2. The first-order valence-corrected chi connectivity index (χ1v) is 29.2. The fourth-order valence-electron chi connectivity index (χ4n) is 13.3. The number of aromatic amines is 2. The molecule has 8 atom stereocenters. The van der Waals surface area contributed by atoms with Gasteiger partial charge in [0, 0.05) is 65.7 Å². The van der Waals surface area contributed by atoms with Gasteiger partial charge in [0.25, 0.3) is 0 Å². The number of amides is 4. The van der Waals surface area contributed by atoms with Crippen LogP contribution >= 0.6 is 0 Å². The molecule has 4 aliphatic heterocycles. The number of carbonyl (C=O) groups excluding carboxylic acids is 4. The minimum absolute atomic E-state index is 0.0396. The molecule has 3 aromatic carbocycles. The summed E-state index contributed by atoms with van der Waals surface area (Å²) in [5.74, 6) is -2.77. The van der Waals surface area contributed by atoms with E-state index in [9.17, 15) is 19.2 Å². The first kappa shape index (κ1) is 61.0. The Balaban J connectivity index is 1.07. The lowest BCUT2D eigenvalue weighted by Gasteiger charge is -2.40. The minimum atomic E-state index is -1.10. The van der Waals surface area contributed by atoms with Crippen LogP contribution in [0.25, 0.3) is 21.9 Å². The highest BCUT2D eigenvalue weighted by Crippen LogP contribution is 2.51. The number of hydrogen-bond acceptors (Lipinski definition) is 11. The Kier molecular flexibility index (Phi) is 17.5. The maximum absolute atomic E-state index is 17.1. The van der Waals surface area contributed by atoms with E-state index in [1.807, 2.05) is 47.6 Å². The lowest BCUT2D eigenvalue weighted by atomic mass is 9.75. The van der Waals surface area contributed by atoms with Gasteiger partial charge < -0.3 is 59.1 Å². The molecular weight excluding hydrogens is 1070 g/mol. The standard InChI is InChI=1S/C62H83F4N9O8/c1-33(82-61(6,7)8)52(70-58(78)80-12)56(76)73-22-14-16-50(73)47-27-35-26-38(40(63)31-44(35)67-47)48-18-19-49(75(48)37-28-42(65)54(43(66)29-37)72-24-20-36(21-25-72)60(3,4)5)39-30-45-46(32-41(39)64)69-55(68-45)51-17-15-23-74(51)57(77)53(71-59(79)81-13)34(2)83-62(9,10)11/h26-34,36,48-53,67H,14-25H2,1-13H3,(H,68,69)(H,70,78)(H,71,79)/t33-,34-,48-,49-,50+,51+,52+,53+/m1/s1. The second-order valence-electron chi connectivity index (χ2n) is 26.1. The molecule has 17 nitrogen and oxygen atoms in total. The summed E-state index contributed by atoms with van der Waals surface area (Å²) in [5.41, 5.74) is 1.03. The van der Waals surface area contributed by atoms with Crippen molar-refractivity contribution in [2.45, 2.75) is 187 Å². The second kappa shape index (κ2) is 23.8. The lowest BCUT2D eigenvalue weighted by Crippen LogP contribution is -2.55. The second-order valence-corrected chi connectivity index (χ2v) is 26.1. The van der Waals surface area contributed by atoms with Crippen molar-refractivity contribution in [3.05, 3.63) is 88.4 Å². The number of imidazole rings is 1. The van der Waals surface area contributed by atoms with Gasteiger partial charge >= 0.3 is 12.2 Å². The van der Waals surface area contributed by atoms with E-state index in [2.05, 4.69) is 41.4 Å². The number of methoxy groups -OCH3 is 2. The van der Waals surface area contributed by atoms with E-state index < -0.39 is 101 Å². The van der Waals surface area contributed by atoms with Gasteiger partial charge in [0.2, 0.25) is 11.8 Å². The van der Waals surface area contributed by atoms with Crippen LogP contribution in [0.3, 0.4) is 0 Å². The summed E-state index contributed by atoms with van der Waals surface area (Å²) in [6.07, 6.45) is 1.42. The molecule has 0 radical (unpaired) electrons. The molecule has 0 saturated carbocycles. The number of anilines is 2. The van der Waals surface area contributed by atoms with E-state index >= 15 is 17.6 Å². The summed E-state index contributed by atoms with van der Waals surface area (Å²) in [6, 6.07) is 5.57. The molecule has 4 saturated heterocycles. The lowest BCUT2D eigenvalue weighted by molar-refractivity contribution is -0.143. The number of likely N-dealkylation sites (tertiary alicyclic amines) is 2. The van der Waals surface area contributed by atoms with E-state index in [-0.39, 0.29) is 52.2 Å². The molecule has 5 aromatic rings. The molecule has 452 valence electrons. The van der Waals surface area contributed by atoms with Crippen LogP contribution in [-0.4, -0.2) is 125 Å². The molecule has 83 heavy (non-hydrogen) atoms. The largest absolute Gasteiger partial charge is 0.453 e. The molecule has 2 aromatic heterocycles. The third-order valence-corrected chi connectivity index (χ3v) is 17.0. The number of nitrogens with one attached hydrogen (secondary N) is 4. The van der Waals surface area contributed by atoms with Crippen LogP contribution in [0.2, 0.25) is 0 Å². The average molecular weight is 1160 g/mol. The topological polar surface area (TPSA) is 187 Å². The van der Waals surface area contributed by atoms with Gasteiger partial charge in [-0.25, -0.2) is 32.1 Å². The van der Waals surface area contributed by atoms with Crippen molar-refractivity contribution < 1.29 is 55.7 Å². The molecule has 0 unspecified atom stereocenters. The van der Waals surface area contributed by atoms with Crippen molar-refractivity contribution in [1.29, 1.82) is 0 Å². The predicted octanol–water partition coefficient (Wildman–Crippen LogP) is 12.1.